The Morgan fingerprint density at radius 3 is 2.48 bits per heavy atom. The van der Waals surface area contributed by atoms with Gasteiger partial charge >= 0.3 is 0 Å². The van der Waals surface area contributed by atoms with E-state index in [4.69, 9.17) is 10.6 Å². The molecule has 0 unspecified atom stereocenters. The van der Waals surface area contributed by atoms with Gasteiger partial charge in [-0.3, -0.25) is 4.79 Å². The number of amides is 1. The summed E-state index contributed by atoms with van der Waals surface area (Å²) in [5, 5.41) is 15.4. The molecule has 0 aliphatic carbocycles. The van der Waals surface area contributed by atoms with Crippen LogP contribution in [0, 0.1) is 0 Å². The van der Waals surface area contributed by atoms with Gasteiger partial charge in [0.05, 0.1) is 19.1 Å². The number of nitrogens with zero attached hydrogens (tertiary/aromatic N) is 5. The molecule has 10 nitrogen and oxygen atoms in total. The van der Waals surface area contributed by atoms with Crippen molar-refractivity contribution in [2.45, 2.75) is 19.0 Å². The number of hydrogen-bond donors (Lipinski definition) is 3. The minimum absolute atomic E-state index is 0.128. The van der Waals surface area contributed by atoms with Crippen LogP contribution in [0.1, 0.15) is 19.4 Å². The van der Waals surface area contributed by atoms with Crippen molar-refractivity contribution in [3.63, 3.8) is 0 Å². The van der Waals surface area contributed by atoms with Crippen molar-refractivity contribution in [3.05, 3.63) is 54.1 Å². The first-order valence-corrected chi connectivity index (χ1v) is 11.4. The van der Waals surface area contributed by atoms with Gasteiger partial charge in [-0.25, -0.2) is 10.1 Å². The highest BCUT2D eigenvalue weighted by atomic mass is 32.2. The lowest BCUT2D eigenvalue weighted by molar-refractivity contribution is -0.113. The SMILES string of the molecule is CCN(CC)c1ccc(/C=N/Nc2nnc(SCC(=O)Nc3ccc(OC)cc3)n2N)cc1. The van der Waals surface area contributed by atoms with Crippen LogP contribution >= 0.6 is 11.8 Å². The third kappa shape index (κ3) is 6.62. The van der Waals surface area contributed by atoms with Crippen molar-refractivity contribution >= 4 is 41.2 Å². The zero-order chi connectivity index (χ0) is 23.6. The highest BCUT2D eigenvalue weighted by Gasteiger charge is 2.12. The highest BCUT2D eigenvalue weighted by molar-refractivity contribution is 7.99. The fourth-order valence-electron chi connectivity index (χ4n) is 2.98. The highest BCUT2D eigenvalue weighted by Crippen LogP contribution is 2.19. The summed E-state index contributed by atoms with van der Waals surface area (Å²) in [5.41, 5.74) is 5.56. The number of nitrogen functional groups attached to an aromatic ring is 1. The average Bonchev–Trinajstić information content (AvgIpc) is 3.19. The van der Waals surface area contributed by atoms with Crippen LogP contribution < -0.4 is 26.2 Å². The van der Waals surface area contributed by atoms with Gasteiger partial charge in [-0.2, -0.15) is 5.10 Å². The number of aromatic nitrogens is 3. The van der Waals surface area contributed by atoms with Gasteiger partial charge in [-0.1, -0.05) is 23.9 Å². The number of methoxy groups -OCH3 is 1. The van der Waals surface area contributed by atoms with Gasteiger partial charge in [0.2, 0.25) is 11.1 Å². The number of benzene rings is 2. The molecular formula is C22H28N8O2S. The van der Waals surface area contributed by atoms with Gasteiger partial charge in [-0.05, 0) is 55.8 Å². The molecule has 3 aromatic rings. The molecule has 0 fully saturated rings. The summed E-state index contributed by atoms with van der Waals surface area (Å²) < 4.78 is 6.36. The Kier molecular flexibility index (Phi) is 8.53. The molecule has 4 N–H and O–H groups in total. The van der Waals surface area contributed by atoms with Gasteiger partial charge in [0.25, 0.3) is 5.95 Å². The summed E-state index contributed by atoms with van der Waals surface area (Å²) in [7, 11) is 1.59. The molecule has 0 saturated carbocycles. The lowest BCUT2D eigenvalue weighted by Gasteiger charge is -2.20. The van der Waals surface area contributed by atoms with E-state index in [-0.39, 0.29) is 17.6 Å². The maximum atomic E-state index is 12.2. The summed E-state index contributed by atoms with van der Waals surface area (Å²) >= 11 is 1.17. The largest absolute Gasteiger partial charge is 0.497 e. The van der Waals surface area contributed by atoms with Gasteiger partial charge in [0.1, 0.15) is 5.75 Å². The van der Waals surface area contributed by atoms with Crippen LogP contribution in [0.15, 0.2) is 58.8 Å². The zero-order valence-corrected chi connectivity index (χ0v) is 19.7. The Morgan fingerprint density at radius 1 is 1.15 bits per heavy atom. The molecule has 1 heterocycles. The second-order valence-corrected chi connectivity index (χ2v) is 7.82. The molecule has 3 rings (SSSR count). The van der Waals surface area contributed by atoms with E-state index in [0.29, 0.717) is 10.8 Å². The van der Waals surface area contributed by atoms with Crippen LogP contribution in [0.4, 0.5) is 17.3 Å². The summed E-state index contributed by atoms with van der Waals surface area (Å²) in [4.78, 5) is 14.5. The molecule has 0 spiro atoms. The quantitative estimate of drug-likeness (QED) is 0.170. The second-order valence-electron chi connectivity index (χ2n) is 6.88. The van der Waals surface area contributed by atoms with Crippen LogP contribution in [0.2, 0.25) is 0 Å². The van der Waals surface area contributed by atoms with Crippen LogP contribution in [0.3, 0.4) is 0 Å². The summed E-state index contributed by atoms with van der Waals surface area (Å²) in [6.07, 6.45) is 1.68. The molecule has 174 valence electrons. The lowest BCUT2D eigenvalue weighted by Crippen LogP contribution is -2.21. The van der Waals surface area contributed by atoms with E-state index in [0.717, 1.165) is 24.4 Å². The Hall–Kier alpha value is -3.73. The van der Waals surface area contributed by atoms with E-state index in [2.05, 4.69) is 56.9 Å². The number of anilines is 3. The van der Waals surface area contributed by atoms with Crippen LogP contribution in [-0.2, 0) is 4.79 Å². The molecule has 1 amide bonds. The number of rotatable bonds is 11. The Labute approximate surface area is 197 Å². The standard InChI is InChI=1S/C22H28N8O2S/c1-4-29(5-2)18-10-6-16(7-11-18)14-24-26-21-27-28-22(30(21)23)33-15-20(31)25-17-8-12-19(32-3)13-9-17/h6-14H,4-5,15,23H2,1-3H3,(H,25,31)(H,26,27)/b24-14+. The molecule has 0 saturated heterocycles. The topological polar surface area (TPSA) is 123 Å². The van der Waals surface area contributed by atoms with E-state index in [1.165, 1.54) is 22.1 Å². The zero-order valence-electron chi connectivity index (χ0n) is 18.9. The number of carbonyl (C=O) groups is 1. The summed E-state index contributed by atoms with van der Waals surface area (Å²) in [5.74, 6) is 6.95. The van der Waals surface area contributed by atoms with Crippen molar-refractivity contribution in [2.75, 3.05) is 47.4 Å². The molecular weight excluding hydrogens is 440 g/mol. The van der Waals surface area contributed by atoms with Crippen molar-refractivity contribution in [3.8, 4) is 5.75 Å². The number of hydrogen-bond acceptors (Lipinski definition) is 9. The Bertz CT molecular complexity index is 1060. The first-order chi connectivity index (χ1) is 16.0. The normalized spacial score (nSPS) is 10.9. The minimum Gasteiger partial charge on any atom is -0.497 e. The smallest absolute Gasteiger partial charge is 0.264 e. The summed E-state index contributed by atoms with van der Waals surface area (Å²) in [6.45, 7) is 6.18. The van der Waals surface area contributed by atoms with Gasteiger partial charge < -0.3 is 20.8 Å². The number of hydrazone groups is 1. The van der Waals surface area contributed by atoms with Crippen LogP contribution in [0.25, 0.3) is 0 Å². The second kappa shape index (κ2) is 11.8. The lowest BCUT2D eigenvalue weighted by atomic mass is 10.2. The predicted octanol–water partition coefficient (Wildman–Crippen LogP) is 3.02. The van der Waals surface area contributed by atoms with E-state index in [1.807, 2.05) is 12.1 Å². The molecule has 0 bridgehead atoms. The Morgan fingerprint density at radius 2 is 1.85 bits per heavy atom. The number of carbonyl (C=O) groups excluding carboxylic acids is 1. The third-order valence-corrected chi connectivity index (χ3v) is 5.71. The van der Waals surface area contributed by atoms with Crippen molar-refractivity contribution in [1.82, 2.24) is 14.9 Å². The number of ether oxygens (including phenoxy) is 1. The van der Waals surface area contributed by atoms with Crippen LogP contribution in [0.5, 0.6) is 5.75 Å². The average molecular weight is 469 g/mol. The molecule has 33 heavy (non-hydrogen) atoms. The van der Waals surface area contributed by atoms with Crippen molar-refractivity contribution in [2.24, 2.45) is 5.10 Å². The number of nitrogens with two attached hydrogens (primary N) is 1. The van der Waals surface area contributed by atoms with E-state index >= 15 is 0 Å². The van der Waals surface area contributed by atoms with E-state index in [9.17, 15) is 4.79 Å². The van der Waals surface area contributed by atoms with Crippen LogP contribution in [-0.4, -0.2) is 52.9 Å². The van der Waals surface area contributed by atoms with Gasteiger partial charge in [0.15, 0.2) is 0 Å². The fourth-order valence-corrected chi connectivity index (χ4v) is 3.63. The molecule has 0 atom stereocenters. The molecule has 2 aromatic carbocycles. The molecule has 0 radical (unpaired) electrons. The number of nitrogens with one attached hydrogen (secondary N) is 2. The third-order valence-electron chi connectivity index (χ3n) is 4.77. The predicted molar refractivity (Wildman–Crippen MR) is 134 cm³/mol. The monoisotopic (exact) mass is 468 g/mol. The molecule has 11 heteroatoms. The van der Waals surface area contributed by atoms with E-state index < -0.39 is 0 Å². The molecule has 1 aromatic heterocycles. The number of thioether (sulfide) groups is 1. The first-order valence-electron chi connectivity index (χ1n) is 10.4. The molecule has 0 aliphatic heterocycles. The summed E-state index contributed by atoms with van der Waals surface area (Å²) in [6, 6.07) is 15.2. The first kappa shape index (κ1) is 23.9. The fraction of sp³-hybridized carbons (Fsp3) is 0.273. The maximum Gasteiger partial charge on any atom is 0.264 e. The molecule has 0 aliphatic rings. The van der Waals surface area contributed by atoms with Crippen molar-refractivity contribution in [1.29, 1.82) is 0 Å². The maximum absolute atomic E-state index is 12.2. The van der Waals surface area contributed by atoms with E-state index in [1.54, 1.807) is 37.6 Å². The van der Waals surface area contributed by atoms with Gasteiger partial charge in [-0.15, -0.1) is 10.2 Å². The Balaban J connectivity index is 1.50. The van der Waals surface area contributed by atoms with Crippen molar-refractivity contribution < 1.29 is 9.53 Å². The minimum atomic E-state index is -0.186. The van der Waals surface area contributed by atoms with Gasteiger partial charge in [0, 0.05) is 24.5 Å².